The molecule has 0 saturated heterocycles. The van der Waals surface area contributed by atoms with Crippen LogP contribution in [-0.2, 0) is 0 Å². The molecule has 0 aromatic heterocycles. The van der Waals surface area contributed by atoms with E-state index < -0.39 is 6.26 Å². The quantitative estimate of drug-likeness (QED) is 0.679. The Morgan fingerprint density at radius 3 is 2.83 bits per heavy atom. The van der Waals surface area contributed by atoms with Crippen LogP contribution < -0.4 is 4.74 Å². The van der Waals surface area contributed by atoms with Crippen molar-refractivity contribution in [3.8, 4) is 11.5 Å². The highest BCUT2D eigenvalue weighted by Crippen LogP contribution is 2.30. The molecule has 0 unspecified atom stereocenters. The lowest BCUT2D eigenvalue weighted by molar-refractivity contribution is 0.112. The summed E-state index contributed by atoms with van der Waals surface area (Å²) in [6.45, 7) is 1.63. The number of aldehydes is 1. The van der Waals surface area contributed by atoms with E-state index in [0.717, 1.165) is 0 Å². The van der Waals surface area contributed by atoms with Crippen LogP contribution in [0.4, 0.5) is 0 Å². The lowest BCUT2D eigenvalue weighted by Gasteiger charge is -2.07. The van der Waals surface area contributed by atoms with Crippen molar-refractivity contribution in [2.24, 2.45) is 0 Å². The Morgan fingerprint density at radius 1 is 1.67 bits per heavy atom. The molecule has 0 aliphatic heterocycles. The molecular formula is C9H10O3. The molecule has 0 bridgehead atoms. The second-order valence-electron chi connectivity index (χ2n) is 2.39. The number of aromatic hydroxyl groups is 1. The highest BCUT2D eigenvalue weighted by molar-refractivity contribution is 5.79. The van der Waals surface area contributed by atoms with Crippen molar-refractivity contribution in [3.05, 3.63) is 23.3 Å². The Balaban J connectivity index is 3.35. The van der Waals surface area contributed by atoms with Gasteiger partial charge in [-0.2, -0.15) is 0 Å². The summed E-state index contributed by atoms with van der Waals surface area (Å²) in [4.78, 5) is 10.8. The second-order valence-corrected chi connectivity index (χ2v) is 2.39. The summed E-state index contributed by atoms with van der Waals surface area (Å²) in [5.41, 5.74) is 0.733. The molecule has 3 heteroatoms. The maximum Gasteiger partial charge on any atom is 0.164 e. The van der Waals surface area contributed by atoms with Crippen molar-refractivity contribution in [1.29, 1.82) is 0 Å². The standard InChI is InChI=1S/C9H10O3/c1-6-7(5-10)3-4-8(11)9(6)12-2/h3-5,11H,1-2H3/i5D. The summed E-state index contributed by atoms with van der Waals surface area (Å²) in [6.07, 6.45) is -0.782. The van der Waals surface area contributed by atoms with Gasteiger partial charge in [-0.3, -0.25) is 4.79 Å². The van der Waals surface area contributed by atoms with Crippen LogP contribution in [0.2, 0.25) is 0 Å². The maximum atomic E-state index is 10.8. The zero-order chi connectivity index (χ0) is 10.0. The van der Waals surface area contributed by atoms with E-state index in [2.05, 4.69) is 0 Å². The molecule has 1 aromatic carbocycles. The predicted molar refractivity (Wildman–Crippen MR) is 44.8 cm³/mol. The lowest BCUT2D eigenvalue weighted by Crippen LogP contribution is -1.92. The Bertz CT molecular complexity index is 347. The molecular weight excluding hydrogens is 156 g/mol. The first-order chi connectivity index (χ1) is 6.07. The number of phenols is 1. The van der Waals surface area contributed by atoms with Gasteiger partial charge in [-0.15, -0.1) is 0 Å². The van der Waals surface area contributed by atoms with Crippen molar-refractivity contribution in [3.63, 3.8) is 0 Å². The highest BCUT2D eigenvalue weighted by atomic mass is 16.5. The number of rotatable bonds is 2. The monoisotopic (exact) mass is 167 g/mol. The minimum absolute atomic E-state index is 0.0231. The first-order valence-electron chi connectivity index (χ1n) is 3.95. The minimum Gasteiger partial charge on any atom is -0.504 e. The Kier molecular flexibility index (Phi) is 1.94. The fraction of sp³-hybridized carbons (Fsp3) is 0.222. The third-order valence-electron chi connectivity index (χ3n) is 1.70. The van der Waals surface area contributed by atoms with Crippen LogP contribution in [0.25, 0.3) is 0 Å². The summed E-state index contributed by atoms with van der Waals surface area (Å²) in [5.74, 6) is 0.225. The molecule has 0 heterocycles. The highest BCUT2D eigenvalue weighted by Gasteiger charge is 2.08. The van der Waals surface area contributed by atoms with Crippen LogP contribution >= 0.6 is 0 Å². The number of carbonyl (C=O) groups excluding carboxylic acids is 1. The van der Waals surface area contributed by atoms with Gasteiger partial charge in [-0.25, -0.2) is 0 Å². The molecule has 0 aliphatic carbocycles. The van der Waals surface area contributed by atoms with Crippen LogP contribution in [0.15, 0.2) is 12.1 Å². The van der Waals surface area contributed by atoms with E-state index >= 15 is 0 Å². The number of ether oxygens (including phenoxy) is 1. The first kappa shape index (κ1) is 7.16. The van der Waals surface area contributed by atoms with Gasteiger partial charge in [-0.1, -0.05) is 0 Å². The van der Waals surface area contributed by atoms with E-state index in [1.165, 1.54) is 19.2 Å². The lowest BCUT2D eigenvalue weighted by atomic mass is 10.1. The Morgan fingerprint density at radius 2 is 2.33 bits per heavy atom. The molecule has 0 amide bonds. The normalized spacial score (nSPS) is 10.7. The van der Waals surface area contributed by atoms with Crippen LogP contribution in [0.5, 0.6) is 11.5 Å². The third-order valence-corrected chi connectivity index (χ3v) is 1.70. The number of carbonyl (C=O) groups is 1. The van der Waals surface area contributed by atoms with E-state index in [-0.39, 0.29) is 17.1 Å². The van der Waals surface area contributed by atoms with E-state index in [9.17, 15) is 9.90 Å². The van der Waals surface area contributed by atoms with Gasteiger partial charge in [0.1, 0.15) is 7.63 Å². The number of phenolic OH excluding ortho intramolecular Hbond substituents is 1. The molecule has 1 N–H and O–H groups in total. The molecule has 0 radical (unpaired) electrons. The van der Waals surface area contributed by atoms with Gasteiger partial charge in [-0.05, 0) is 19.1 Å². The fourth-order valence-corrected chi connectivity index (χ4v) is 1.05. The summed E-state index contributed by atoms with van der Waals surface area (Å²) >= 11 is 0. The first-order valence-corrected chi connectivity index (χ1v) is 3.45. The van der Waals surface area contributed by atoms with Crippen molar-refractivity contribution >= 4 is 6.26 Å². The van der Waals surface area contributed by atoms with E-state index in [1.54, 1.807) is 6.92 Å². The summed E-state index contributed by atoms with van der Waals surface area (Å²) in [5, 5.41) is 9.30. The molecule has 12 heavy (non-hydrogen) atoms. The van der Waals surface area contributed by atoms with Gasteiger partial charge in [0.2, 0.25) is 0 Å². The van der Waals surface area contributed by atoms with Crippen LogP contribution in [0.3, 0.4) is 0 Å². The van der Waals surface area contributed by atoms with Gasteiger partial charge in [0.15, 0.2) is 11.5 Å². The molecule has 64 valence electrons. The third kappa shape index (κ3) is 1.25. The molecule has 3 nitrogen and oxygen atoms in total. The topological polar surface area (TPSA) is 46.5 Å². The molecule has 0 fully saturated rings. The number of hydrogen-bond acceptors (Lipinski definition) is 3. The van der Waals surface area contributed by atoms with Gasteiger partial charge >= 0.3 is 0 Å². The van der Waals surface area contributed by atoms with E-state index in [4.69, 9.17) is 6.11 Å². The maximum absolute atomic E-state index is 10.8. The van der Waals surface area contributed by atoms with Gasteiger partial charge < -0.3 is 9.84 Å². The van der Waals surface area contributed by atoms with Gasteiger partial charge in [0.05, 0.1) is 7.11 Å². The van der Waals surface area contributed by atoms with Crippen LogP contribution in [0.1, 0.15) is 17.3 Å². The average Bonchev–Trinajstić information content (AvgIpc) is 2.04. The summed E-state index contributed by atoms with van der Waals surface area (Å²) in [7, 11) is 1.40. The SMILES string of the molecule is [2H]C(=O)c1ccc(O)c(OC)c1C. The van der Waals surface area contributed by atoms with E-state index in [1.807, 2.05) is 0 Å². The zero-order valence-corrected chi connectivity index (χ0v) is 6.92. The zero-order valence-electron chi connectivity index (χ0n) is 7.92. The predicted octanol–water partition coefficient (Wildman–Crippen LogP) is 1.52. The number of hydrogen-bond donors (Lipinski definition) is 1. The van der Waals surface area contributed by atoms with Crippen molar-refractivity contribution in [2.45, 2.75) is 6.92 Å². The number of benzene rings is 1. The van der Waals surface area contributed by atoms with Gasteiger partial charge in [0.25, 0.3) is 0 Å². The molecule has 0 atom stereocenters. The van der Waals surface area contributed by atoms with Crippen LogP contribution in [-0.4, -0.2) is 18.5 Å². The van der Waals surface area contributed by atoms with Gasteiger partial charge in [0, 0.05) is 11.1 Å². The Hall–Kier alpha value is -1.51. The summed E-state index contributed by atoms with van der Waals surface area (Å²) < 4.78 is 11.8. The van der Waals surface area contributed by atoms with Crippen molar-refractivity contribution in [2.75, 3.05) is 7.11 Å². The molecule has 0 saturated carbocycles. The second kappa shape index (κ2) is 3.26. The van der Waals surface area contributed by atoms with Crippen LogP contribution in [0, 0.1) is 6.92 Å². The minimum atomic E-state index is -0.782. The van der Waals surface area contributed by atoms with Crippen molar-refractivity contribution in [1.82, 2.24) is 0 Å². The van der Waals surface area contributed by atoms with E-state index in [0.29, 0.717) is 5.56 Å². The molecule has 1 rings (SSSR count). The smallest absolute Gasteiger partial charge is 0.164 e. The Labute approximate surface area is 72.0 Å². The molecule has 0 spiro atoms. The largest absolute Gasteiger partial charge is 0.504 e. The fourth-order valence-electron chi connectivity index (χ4n) is 1.05. The summed E-state index contributed by atoms with van der Waals surface area (Å²) in [6, 6.07) is 2.75. The van der Waals surface area contributed by atoms with Crippen molar-refractivity contribution < 1.29 is 16.0 Å². The number of methoxy groups -OCH3 is 1. The average molecular weight is 167 g/mol. The molecule has 1 aromatic rings. The molecule has 0 aliphatic rings.